The van der Waals surface area contributed by atoms with Crippen molar-refractivity contribution in [1.29, 1.82) is 0 Å². The number of hydrogen-bond donors (Lipinski definition) is 0. The number of aryl methyl sites for hydroxylation is 1. The number of aromatic nitrogens is 2. The van der Waals surface area contributed by atoms with Crippen molar-refractivity contribution < 1.29 is 0 Å². The third kappa shape index (κ3) is 0.474. The van der Waals surface area contributed by atoms with Gasteiger partial charge in [-0.2, -0.15) is 5.10 Å². The van der Waals surface area contributed by atoms with E-state index < -0.39 is 0 Å². The third-order valence-corrected chi connectivity index (χ3v) is 2.66. The van der Waals surface area contributed by atoms with Crippen LogP contribution < -0.4 is 0 Å². The standard InChI is InChI=1S/C8H10N2/c1-5-3-9-10(4-5)8-6-2-7(6)8/h3-4,6-8H,2H2,1H3. The van der Waals surface area contributed by atoms with Gasteiger partial charge in [-0.05, 0) is 30.7 Å². The first-order valence-electron chi connectivity index (χ1n) is 3.87. The molecule has 2 aliphatic carbocycles. The van der Waals surface area contributed by atoms with Crippen molar-refractivity contribution in [2.45, 2.75) is 19.4 Å². The average molecular weight is 134 g/mol. The molecule has 2 heteroatoms. The number of rotatable bonds is 1. The zero-order valence-corrected chi connectivity index (χ0v) is 5.99. The Morgan fingerprint density at radius 3 is 2.80 bits per heavy atom. The van der Waals surface area contributed by atoms with Crippen LogP contribution in [0.3, 0.4) is 0 Å². The maximum Gasteiger partial charge on any atom is 0.0582 e. The van der Waals surface area contributed by atoms with Gasteiger partial charge in [0, 0.05) is 6.20 Å². The molecule has 0 radical (unpaired) electrons. The highest BCUT2D eigenvalue weighted by molar-refractivity contribution is 5.17. The van der Waals surface area contributed by atoms with E-state index in [2.05, 4.69) is 22.9 Å². The second-order valence-electron chi connectivity index (χ2n) is 3.55. The highest BCUT2D eigenvalue weighted by Crippen LogP contribution is 2.70. The van der Waals surface area contributed by atoms with Gasteiger partial charge in [-0.15, -0.1) is 0 Å². The molecule has 0 saturated heterocycles. The van der Waals surface area contributed by atoms with E-state index in [0.717, 1.165) is 17.9 Å². The lowest BCUT2D eigenvalue weighted by Gasteiger charge is -2.01. The molecule has 2 saturated carbocycles. The van der Waals surface area contributed by atoms with Crippen molar-refractivity contribution in [3.8, 4) is 0 Å². The van der Waals surface area contributed by atoms with Crippen molar-refractivity contribution in [3.05, 3.63) is 18.0 Å². The number of hydrogen-bond acceptors (Lipinski definition) is 1. The Kier molecular flexibility index (Phi) is 0.636. The first-order valence-corrected chi connectivity index (χ1v) is 3.87. The van der Waals surface area contributed by atoms with Gasteiger partial charge < -0.3 is 0 Å². The molecule has 3 rings (SSSR count). The molecule has 0 spiro atoms. The first kappa shape index (κ1) is 4.94. The van der Waals surface area contributed by atoms with E-state index in [1.165, 1.54) is 12.0 Å². The Balaban J connectivity index is 1.93. The Morgan fingerprint density at radius 2 is 2.40 bits per heavy atom. The Morgan fingerprint density at radius 1 is 1.60 bits per heavy atom. The van der Waals surface area contributed by atoms with Gasteiger partial charge in [0.05, 0.1) is 12.2 Å². The summed E-state index contributed by atoms with van der Waals surface area (Å²) in [4.78, 5) is 0. The van der Waals surface area contributed by atoms with Crippen LogP contribution in [0.5, 0.6) is 0 Å². The minimum Gasteiger partial charge on any atom is -0.269 e. The molecule has 10 heavy (non-hydrogen) atoms. The lowest BCUT2D eigenvalue weighted by Crippen LogP contribution is -2.00. The Bertz CT molecular complexity index is 269. The van der Waals surface area contributed by atoms with Crippen molar-refractivity contribution in [2.75, 3.05) is 0 Å². The van der Waals surface area contributed by atoms with Crippen LogP contribution >= 0.6 is 0 Å². The van der Waals surface area contributed by atoms with Crippen LogP contribution in [-0.2, 0) is 0 Å². The molecule has 0 aromatic carbocycles. The quantitative estimate of drug-likeness (QED) is 0.567. The minimum absolute atomic E-state index is 0.800. The summed E-state index contributed by atoms with van der Waals surface area (Å²) in [7, 11) is 0. The molecule has 2 aliphatic rings. The Hall–Kier alpha value is -0.790. The van der Waals surface area contributed by atoms with Crippen molar-refractivity contribution >= 4 is 0 Å². The zero-order valence-electron chi connectivity index (χ0n) is 5.99. The number of fused-ring (bicyclic) bond motifs is 1. The summed E-state index contributed by atoms with van der Waals surface area (Å²) in [6, 6.07) is 0.800. The van der Waals surface area contributed by atoms with Gasteiger partial charge in [0.25, 0.3) is 0 Å². The van der Waals surface area contributed by atoms with Crippen LogP contribution in [0.25, 0.3) is 0 Å². The summed E-state index contributed by atoms with van der Waals surface area (Å²) in [6.45, 7) is 2.09. The van der Waals surface area contributed by atoms with Gasteiger partial charge in [-0.25, -0.2) is 0 Å². The van der Waals surface area contributed by atoms with Gasteiger partial charge in [-0.3, -0.25) is 4.68 Å². The summed E-state index contributed by atoms with van der Waals surface area (Å²) in [5, 5.41) is 4.28. The van der Waals surface area contributed by atoms with E-state index in [1.807, 2.05) is 6.20 Å². The second-order valence-corrected chi connectivity index (χ2v) is 3.55. The van der Waals surface area contributed by atoms with E-state index in [1.54, 1.807) is 0 Å². The number of nitrogens with zero attached hydrogens (tertiary/aromatic N) is 2. The molecular formula is C8H10N2. The lowest BCUT2D eigenvalue weighted by atomic mass is 10.3. The molecular weight excluding hydrogens is 124 g/mol. The normalized spacial score (nSPS) is 41.1. The maximum atomic E-state index is 4.28. The molecule has 2 fully saturated rings. The van der Waals surface area contributed by atoms with Crippen molar-refractivity contribution in [2.24, 2.45) is 11.8 Å². The highest BCUT2D eigenvalue weighted by Gasteiger charge is 2.65. The van der Waals surface area contributed by atoms with Crippen LogP contribution in [0, 0.1) is 18.8 Å². The van der Waals surface area contributed by atoms with Crippen LogP contribution in [0.15, 0.2) is 12.4 Å². The summed E-state index contributed by atoms with van der Waals surface area (Å²) < 4.78 is 2.13. The monoisotopic (exact) mass is 134 g/mol. The SMILES string of the molecule is Cc1cnn(C2C3CC32)c1. The molecule has 2 atom stereocenters. The fourth-order valence-electron chi connectivity index (χ4n) is 1.73. The lowest BCUT2D eigenvalue weighted by molar-refractivity contribution is 0.518. The van der Waals surface area contributed by atoms with Gasteiger partial charge in [-0.1, -0.05) is 0 Å². The van der Waals surface area contributed by atoms with Crippen LogP contribution in [0.4, 0.5) is 0 Å². The van der Waals surface area contributed by atoms with Gasteiger partial charge in [0.1, 0.15) is 0 Å². The zero-order chi connectivity index (χ0) is 6.72. The predicted octanol–water partition coefficient (Wildman–Crippen LogP) is 1.38. The summed E-state index contributed by atoms with van der Waals surface area (Å²) in [6.07, 6.45) is 5.55. The minimum atomic E-state index is 0.800. The average Bonchev–Trinajstić information content (AvgIpc) is 2.69. The van der Waals surface area contributed by atoms with Gasteiger partial charge >= 0.3 is 0 Å². The van der Waals surface area contributed by atoms with Crippen molar-refractivity contribution in [3.63, 3.8) is 0 Å². The van der Waals surface area contributed by atoms with Crippen LogP contribution in [0.1, 0.15) is 18.0 Å². The maximum absolute atomic E-state index is 4.28. The summed E-state index contributed by atoms with van der Waals surface area (Å²) >= 11 is 0. The third-order valence-electron chi connectivity index (χ3n) is 2.66. The molecule has 52 valence electrons. The van der Waals surface area contributed by atoms with E-state index in [4.69, 9.17) is 0 Å². The molecule has 0 amide bonds. The fourth-order valence-corrected chi connectivity index (χ4v) is 1.73. The highest BCUT2D eigenvalue weighted by atomic mass is 15.3. The largest absolute Gasteiger partial charge is 0.269 e. The molecule has 1 aromatic rings. The van der Waals surface area contributed by atoms with E-state index in [9.17, 15) is 0 Å². The molecule has 1 heterocycles. The summed E-state index contributed by atoms with van der Waals surface area (Å²) in [5.41, 5.74) is 1.28. The smallest absolute Gasteiger partial charge is 0.0582 e. The summed E-state index contributed by atoms with van der Waals surface area (Å²) in [5.74, 6) is 2.03. The topological polar surface area (TPSA) is 17.8 Å². The van der Waals surface area contributed by atoms with Crippen LogP contribution in [-0.4, -0.2) is 9.78 Å². The molecule has 2 unspecified atom stereocenters. The van der Waals surface area contributed by atoms with Crippen molar-refractivity contribution in [1.82, 2.24) is 9.78 Å². The van der Waals surface area contributed by atoms with Gasteiger partial charge in [0.15, 0.2) is 0 Å². The molecule has 0 N–H and O–H groups in total. The predicted molar refractivity (Wildman–Crippen MR) is 37.6 cm³/mol. The fraction of sp³-hybridized carbons (Fsp3) is 0.625. The van der Waals surface area contributed by atoms with Crippen LogP contribution in [0.2, 0.25) is 0 Å². The Labute approximate surface area is 59.9 Å². The first-order chi connectivity index (χ1) is 4.86. The van der Waals surface area contributed by atoms with E-state index in [0.29, 0.717) is 0 Å². The van der Waals surface area contributed by atoms with Gasteiger partial charge in [0.2, 0.25) is 0 Å². The second kappa shape index (κ2) is 1.29. The molecule has 0 bridgehead atoms. The molecule has 0 aliphatic heterocycles. The van der Waals surface area contributed by atoms with E-state index in [-0.39, 0.29) is 0 Å². The molecule has 1 aromatic heterocycles. The molecule has 2 nitrogen and oxygen atoms in total. The van der Waals surface area contributed by atoms with E-state index >= 15 is 0 Å².